The maximum Gasteiger partial charge on any atom is 0.234 e. The first kappa shape index (κ1) is 17.2. The molecule has 0 bridgehead atoms. The van der Waals surface area contributed by atoms with Gasteiger partial charge in [-0.25, -0.2) is 9.97 Å². The Kier molecular flexibility index (Phi) is 6.36. The third kappa shape index (κ3) is 5.95. The second-order valence-corrected chi connectivity index (χ2v) is 6.51. The Labute approximate surface area is 128 Å². The lowest BCUT2D eigenvalue weighted by atomic mass is 9.95. The molecule has 0 radical (unpaired) electrons. The minimum atomic E-state index is 0.171. The number of hydrogen-bond donors (Lipinski definition) is 0. The molecule has 0 aromatic carbocycles. The van der Waals surface area contributed by atoms with Gasteiger partial charge in [0.05, 0.1) is 0 Å². The monoisotopic (exact) mass is 286 g/mol. The van der Waals surface area contributed by atoms with E-state index in [1.165, 1.54) is 0 Å². The molecular weight excluding hydrogens is 260 g/mol. The Bertz CT molecular complexity index is 521. The fraction of sp³-hybridized carbons (Fsp3) is 0.588. The van der Waals surface area contributed by atoms with E-state index < -0.39 is 0 Å². The van der Waals surface area contributed by atoms with Crippen LogP contribution in [-0.2, 0) is 0 Å². The molecular formula is C17H26N4. The highest BCUT2D eigenvalue weighted by Gasteiger charge is 2.19. The fourth-order valence-electron chi connectivity index (χ4n) is 2.21. The Balaban J connectivity index is 2.97. The molecule has 0 aliphatic rings. The number of aryl methyl sites for hydroxylation is 1. The molecule has 0 amide bonds. The van der Waals surface area contributed by atoms with Crippen molar-refractivity contribution in [3.63, 3.8) is 0 Å². The van der Waals surface area contributed by atoms with Crippen molar-refractivity contribution in [3.8, 4) is 6.07 Å². The average Bonchev–Trinajstić information content (AvgIpc) is 2.41. The normalized spacial score (nSPS) is 11.6. The third-order valence-electron chi connectivity index (χ3n) is 3.04. The predicted octanol–water partition coefficient (Wildman–Crippen LogP) is 3.87. The van der Waals surface area contributed by atoms with Crippen molar-refractivity contribution >= 4 is 5.82 Å². The number of nitriles is 1. The van der Waals surface area contributed by atoms with Gasteiger partial charge in [0.1, 0.15) is 11.9 Å². The SMILES string of the molecule is C/C=C\CCCN(CC(C)(C)C)c1nc(C#N)ncc1C. The van der Waals surface area contributed by atoms with E-state index >= 15 is 0 Å². The van der Waals surface area contributed by atoms with Gasteiger partial charge in [0.25, 0.3) is 0 Å². The van der Waals surface area contributed by atoms with Gasteiger partial charge in [0.15, 0.2) is 0 Å². The molecule has 0 saturated heterocycles. The van der Waals surface area contributed by atoms with E-state index in [1.807, 2.05) is 19.9 Å². The van der Waals surface area contributed by atoms with Gasteiger partial charge in [-0.1, -0.05) is 32.9 Å². The van der Waals surface area contributed by atoms with E-state index in [4.69, 9.17) is 5.26 Å². The highest BCUT2D eigenvalue weighted by molar-refractivity contribution is 5.46. The van der Waals surface area contributed by atoms with E-state index in [0.717, 1.165) is 37.3 Å². The Morgan fingerprint density at radius 3 is 2.67 bits per heavy atom. The summed E-state index contributed by atoms with van der Waals surface area (Å²) < 4.78 is 0. The van der Waals surface area contributed by atoms with Crippen LogP contribution in [-0.4, -0.2) is 23.1 Å². The molecule has 1 rings (SSSR count). The van der Waals surface area contributed by atoms with Gasteiger partial charge >= 0.3 is 0 Å². The van der Waals surface area contributed by atoms with Crippen LogP contribution in [0.3, 0.4) is 0 Å². The lowest BCUT2D eigenvalue weighted by Gasteiger charge is -2.31. The summed E-state index contributed by atoms with van der Waals surface area (Å²) in [5.41, 5.74) is 1.19. The number of allylic oxidation sites excluding steroid dienone is 2. The highest BCUT2D eigenvalue weighted by atomic mass is 15.2. The van der Waals surface area contributed by atoms with Gasteiger partial charge in [-0.2, -0.15) is 5.26 Å². The van der Waals surface area contributed by atoms with E-state index in [1.54, 1.807) is 6.20 Å². The molecule has 0 saturated carbocycles. The van der Waals surface area contributed by atoms with Crippen molar-refractivity contribution < 1.29 is 0 Å². The largest absolute Gasteiger partial charge is 0.356 e. The number of anilines is 1. The molecule has 0 fully saturated rings. The van der Waals surface area contributed by atoms with Crippen molar-refractivity contribution in [3.05, 3.63) is 29.7 Å². The molecule has 21 heavy (non-hydrogen) atoms. The molecule has 114 valence electrons. The summed E-state index contributed by atoms with van der Waals surface area (Å²) in [5.74, 6) is 1.12. The Morgan fingerprint density at radius 2 is 2.10 bits per heavy atom. The van der Waals surface area contributed by atoms with Gasteiger partial charge in [0, 0.05) is 24.8 Å². The number of nitrogens with zero attached hydrogens (tertiary/aromatic N) is 4. The first-order valence-electron chi connectivity index (χ1n) is 7.47. The van der Waals surface area contributed by atoms with Crippen LogP contribution in [0, 0.1) is 23.7 Å². The zero-order valence-electron chi connectivity index (χ0n) is 13.8. The summed E-state index contributed by atoms with van der Waals surface area (Å²) in [6, 6.07) is 2.03. The van der Waals surface area contributed by atoms with Gasteiger partial charge in [-0.15, -0.1) is 0 Å². The zero-order valence-corrected chi connectivity index (χ0v) is 13.8. The standard InChI is InChI=1S/C17H26N4/c1-6-7-8-9-10-21(13-17(3,4)5)16-14(2)12-19-15(11-18)20-16/h6-7,12H,8-10,13H2,1-5H3/b7-6-. The second-order valence-electron chi connectivity index (χ2n) is 6.51. The molecule has 1 heterocycles. The maximum atomic E-state index is 9.01. The Hall–Kier alpha value is -1.89. The smallest absolute Gasteiger partial charge is 0.234 e. The average molecular weight is 286 g/mol. The molecule has 0 aliphatic carbocycles. The lowest BCUT2D eigenvalue weighted by Crippen LogP contribution is -2.35. The van der Waals surface area contributed by atoms with Crippen LogP contribution < -0.4 is 4.90 Å². The van der Waals surface area contributed by atoms with Crippen molar-refractivity contribution in [2.75, 3.05) is 18.0 Å². The van der Waals surface area contributed by atoms with Crippen LogP contribution in [0.15, 0.2) is 18.3 Å². The lowest BCUT2D eigenvalue weighted by molar-refractivity contribution is 0.407. The van der Waals surface area contributed by atoms with Gasteiger partial charge in [-0.05, 0) is 32.1 Å². The number of hydrogen-bond acceptors (Lipinski definition) is 4. The number of unbranched alkanes of at least 4 members (excludes halogenated alkanes) is 1. The van der Waals surface area contributed by atoms with E-state index in [0.29, 0.717) is 0 Å². The molecule has 0 atom stereocenters. The Morgan fingerprint density at radius 1 is 1.38 bits per heavy atom. The van der Waals surface area contributed by atoms with Crippen molar-refractivity contribution in [2.45, 2.75) is 47.5 Å². The van der Waals surface area contributed by atoms with Crippen molar-refractivity contribution in [2.24, 2.45) is 5.41 Å². The molecule has 4 heteroatoms. The van der Waals surface area contributed by atoms with Crippen LogP contribution in [0.25, 0.3) is 0 Å². The summed E-state index contributed by atoms with van der Waals surface area (Å²) >= 11 is 0. The molecule has 0 aliphatic heterocycles. The second kappa shape index (κ2) is 7.78. The van der Waals surface area contributed by atoms with E-state index in [-0.39, 0.29) is 11.2 Å². The molecule has 4 nitrogen and oxygen atoms in total. The van der Waals surface area contributed by atoms with Gasteiger partial charge in [-0.3, -0.25) is 0 Å². The van der Waals surface area contributed by atoms with Gasteiger partial charge in [0.2, 0.25) is 5.82 Å². The predicted molar refractivity (Wildman–Crippen MR) is 87.2 cm³/mol. The van der Waals surface area contributed by atoms with E-state index in [2.05, 4.69) is 47.8 Å². The summed E-state index contributed by atoms with van der Waals surface area (Å²) in [7, 11) is 0. The van der Waals surface area contributed by atoms with Crippen LogP contribution in [0.1, 0.15) is 51.9 Å². The molecule has 0 N–H and O–H groups in total. The summed E-state index contributed by atoms with van der Waals surface area (Å²) in [6.07, 6.45) is 8.14. The molecule has 0 unspecified atom stereocenters. The fourth-order valence-corrected chi connectivity index (χ4v) is 2.21. The zero-order chi connectivity index (χ0) is 15.9. The van der Waals surface area contributed by atoms with E-state index in [9.17, 15) is 0 Å². The highest BCUT2D eigenvalue weighted by Crippen LogP contribution is 2.23. The van der Waals surface area contributed by atoms with Crippen LogP contribution in [0.5, 0.6) is 0 Å². The van der Waals surface area contributed by atoms with Gasteiger partial charge < -0.3 is 4.90 Å². The molecule has 1 aromatic rings. The minimum absolute atomic E-state index is 0.171. The minimum Gasteiger partial charge on any atom is -0.356 e. The van der Waals surface area contributed by atoms with Crippen LogP contribution in [0.4, 0.5) is 5.82 Å². The summed E-state index contributed by atoms with van der Waals surface area (Å²) in [4.78, 5) is 10.7. The quantitative estimate of drug-likeness (QED) is 0.588. The first-order chi connectivity index (χ1) is 9.87. The number of aromatic nitrogens is 2. The summed E-state index contributed by atoms with van der Waals surface area (Å²) in [5, 5.41) is 9.01. The topological polar surface area (TPSA) is 52.8 Å². The first-order valence-corrected chi connectivity index (χ1v) is 7.47. The van der Waals surface area contributed by atoms with Crippen LogP contribution in [0.2, 0.25) is 0 Å². The van der Waals surface area contributed by atoms with Crippen molar-refractivity contribution in [1.82, 2.24) is 9.97 Å². The van der Waals surface area contributed by atoms with Crippen LogP contribution >= 0.6 is 0 Å². The molecule has 0 spiro atoms. The maximum absolute atomic E-state index is 9.01. The van der Waals surface area contributed by atoms with Crippen molar-refractivity contribution in [1.29, 1.82) is 5.26 Å². The number of rotatable bonds is 6. The third-order valence-corrected chi connectivity index (χ3v) is 3.04. The molecule has 1 aromatic heterocycles. The summed E-state index contributed by atoms with van der Waals surface area (Å²) in [6.45, 7) is 12.5.